The van der Waals surface area contributed by atoms with E-state index in [1.54, 1.807) is 0 Å². The fourth-order valence-electron chi connectivity index (χ4n) is 3.64. The Bertz CT molecular complexity index is 791. The second-order valence-electron chi connectivity index (χ2n) is 7.10. The van der Waals surface area contributed by atoms with E-state index in [1.807, 2.05) is 36.5 Å². The highest BCUT2D eigenvalue weighted by atomic mass is 127. The molecule has 7 heteroatoms. The standard InChI is InChI=1S/C21H26N4O2.HI/c22-21(25-18-11-12-26-19-8-4-3-7-17(18)19)24-14-15-9-10-20(23-13-15)27-16-5-1-2-6-16;/h3-4,7-10,13,16,18H,1-2,5-6,11-12,14H2,(H3,22,24,25);1H. The molecule has 0 radical (unpaired) electrons. The van der Waals surface area contributed by atoms with Gasteiger partial charge in [-0.2, -0.15) is 0 Å². The highest BCUT2D eigenvalue weighted by Crippen LogP contribution is 2.31. The van der Waals surface area contributed by atoms with Gasteiger partial charge in [0, 0.05) is 24.2 Å². The zero-order chi connectivity index (χ0) is 18.5. The minimum Gasteiger partial charge on any atom is -0.493 e. The van der Waals surface area contributed by atoms with E-state index in [9.17, 15) is 0 Å². The summed E-state index contributed by atoms with van der Waals surface area (Å²) in [5.41, 5.74) is 8.23. The Morgan fingerprint density at radius 3 is 2.79 bits per heavy atom. The van der Waals surface area contributed by atoms with Crippen LogP contribution in [0.25, 0.3) is 0 Å². The van der Waals surface area contributed by atoms with Crippen LogP contribution in [0.3, 0.4) is 0 Å². The topological polar surface area (TPSA) is 81.8 Å². The van der Waals surface area contributed by atoms with E-state index in [0.717, 1.165) is 36.1 Å². The summed E-state index contributed by atoms with van der Waals surface area (Å²) in [6.45, 7) is 1.16. The molecule has 150 valence electrons. The van der Waals surface area contributed by atoms with Crippen molar-refractivity contribution in [3.8, 4) is 11.6 Å². The Hall–Kier alpha value is -2.03. The summed E-state index contributed by atoms with van der Waals surface area (Å²) in [6, 6.07) is 12.1. The SMILES string of the molecule is I.NC(=NCc1ccc(OC2CCCC2)nc1)NC1CCOc2ccccc21. The molecule has 3 N–H and O–H groups in total. The van der Waals surface area contributed by atoms with Crippen molar-refractivity contribution >= 4 is 29.9 Å². The number of aromatic nitrogens is 1. The van der Waals surface area contributed by atoms with Gasteiger partial charge in [-0.25, -0.2) is 9.98 Å². The number of rotatable bonds is 5. The molecule has 1 aliphatic heterocycles. The van der Waals surface area contributed by atoms with Crippen molar-refractivity contribution in [2.24, 2.45) is 10.7 Å². The van der Waals surface area contributed by atoms with Gasteiger partial charge in [-0.1, -0.05) is 24.3 Å². The Kier molecular flexibility index (Phi) is 7.36. The number of hydrogen-bond donors (Lipinski definition) is 2. The lowest BCUT2D eigenvalue weighted by Gasteiger charge is -2.26. The summed E-state index contributed by atoms with van der Waals surface area (Å²) >= 11 is 0. The lowest BCUT2D eigenvalue weighted by atomic mass is 10.0. The third-order valence-electron chi connectivity index (χ3n) is 5.10. The number of nitrogens with zero attached hydrogens (tertiary/aromatic N) is 2. The zero-order valence-electron chi connectivity index (χ0n) is 15.8. The van der Waals surface area contributed by atoms with Gasteiger partial charge in [0.05, 0.1) is 19.2 Å². The number of aliphatic imine (C=N–C) groups is 1. The van der Waals surface area contributed by atoms with E-state index in [4.69, 9.17) is 15.2 Å². The average molecular weight is 494 g/mol. The normalized spacial score (nSPS) is 19.3. The Morgan fingerprint density at radius 2 is 2.00 bits per heavy atom. The maximum absolute atomic E-state index is 6.10. The van der Waals surface area contributed by atoms with Crippen LogP contribution in [0.2, 0.25) is 0 Å². The van der Waals surface area contributed by atoms with Crippen LogP contribution in [0.5, 0.6) is 11.6 Å². The molecule has 1 aromatic heterocycles. The van der Waals surface area contributed by atoms with Crippen molar-refractivity contribution in [2.45, 2.75) is 50.8 Å². The van der Waals surface area contributed by atoms with E-state index in [2.05, 4.69) is 21.4 Å². The van der Waals surface area contributed by atoms with E-state index in [-0.39, 0.29) is 30.0 Å². The summed E-state index contributed by atoms with van der Waals surface area (Å²) in [5, 5.41) is 3.31. The van der Waals surface area contributed by atoms with Gasteiger partial charge >= 0.3 is 0 Å². The molecule has 1 fully saturated rings. The number of halogens is 1. The summed E-state index contributed by atoms with van der Waals surface area (Å²) in [6.07, 6.45) is 7.76. The Labute approximate surface area is 183 Å². The van der Waals surface area contributed by atoms with Gasteiger partial charge in [-0.05, 0) is 37.3 Å². The van der Waals surface area contributed by atoms with Gasteiger partial charge in [0.25, 0.3) is 0 Å². The molecule has 28 heavy (non-hydrogen) atoms. The molecule has 1 saturated carbocycles. The fraction of sp³-hybridized carbons (Fsp3) is 0.429. The first-order valence-corrected chi connectivity index (χ1v) is 9.68. The number of pyridine rings is 1. The van der Waals surface area contributed by atoms with Gasteiger partial charge < -0.3 is 20.5 Å². The molecule has 2 aliphatic rings. The summed E-state index contributed by atoms with van der Waals surface area (Å²) in [4.78, 5) is 8.85. The Morgan fingerprint density at radius 1 is 1.18 bits per heavy atom. The number of guanidine groups is 1. The second kappa shape index (κ2) is 9.95. The van der Waals surface area contributed by atoms with Crippen LogP contribution in [-0.2, 0) is 6.54 Å². The van der Waals surface area contributed by atoms with Crippen LogP contribution in [0.4, 0.5) is 0 Å². The molecule has 0 bridgehead atoms. The average Bonchev–Trinajstić information content (AvgIpc) is 3.21. The van der Waals surface area contributed by atoms with Crippen molar-refractivity contribution < 1.29 is 9.47 Å². The molecule has 0 spiro atoms. The highest BCUT2D eigenvalue weighted by Gasteiger charge is 2.21. The summed E-state index contributed by atoms with van der Waals surface area (Å²) in [7, 11) is 0. The van der Waals surface area contributed by atoms with Crippen LogP contribution in [-0.4, -0.2) is 23.7 Å². The first-order valence-electron chi connectivity index (χ1n) is 9.68. The van der Waals surface area contributed by atoms with E-state index in [1.165, 1.54) is 12.8 Å². The molecule has 0 saturated heterocycles. The molecule has 2 aromatic rings. The molecule has 1 aromatic carbocycles. The van der Waals surface area contributed by atoms with Gasteiger partial charge in [-0.15, -0.1) is 24.0 Å². The van der Waals surface area contributed by atoms with Gasteiger partial charge in [-0.3, -0.25) is 0 Å². The van der Waals surface area contributed by atoms with Crippen LogP contribution in [0.1, 0.15) is 49.3 Å². The minimum atomic E-state index is 0. The monoisotopic (exact) mass is 494 g/mol. The molecular weight excluding hydrogens is 467 g/mol. The van der Waals surface area contributed by atoms with Crippen LogP contribution in [0.15, 0.2) is 47.6 Å². The third kappa shape index (κ3) is 5.27. The molecule has 1 atom stereocenters. The van der Waals surface area contributed by atoms with Gasteiger partial charge in [0.15, 0.2) is 5.96 Å². The molecule has 1 unspecified atom stereocenters. The number of para-hydroxylation sites is 1. The number of fused-ring (bicyclic) bond motifs is 1. The lowest BCUT2D eigenvalue weighted by Crippen LogP contribution is -2.37. The maximum atomic E-state index is 6.10. The molecular formula is C21H27IN4O2. The van der Waals surface area contributed by atoms with E-state index < -0.39 is 0 Å². The zero-order valence-corrected chi connectivity index (χ0v) is 18.2. The number of nitrogens with two attached hydrogens (primary N) is 1. The van der Waals surface area contributed by atoms with E-state index in [0.29, 0.717) is 31.1 Å². The fourth-order valence-corrected chi connectivity index (χ4v) is 3.64. The largest absolute Gasteiger partial charge is 0.493 e. The predicted octanol–water partition coefficient (Wildman–Crippen LogP) is 3.95. The van der Waals surface area contributed by atoms with Crippen molar-refractivity contribution in [2.75, 3.05) is 6.61 Å². The predicted molar refractivity (Wildman–Crippen MR) is 120 cm³/mol. The quantitative estimate of drug-likeness (QED) is 0.374. The summed E-state index contributed by atoms with van der Waals surface area (Å²) < 4.78 is 11.6. The third-order valence-corrected chi connectivity index (χ3v) is 5.10. The maximum Gasteiger partial charge on any atom is 0.213 e. The lowest BCUT2D eigenvalue weighted by molar-refractivity contribution is 0.201. The molecule has 6 nitrogen and oxygen atoms in total. The van der Waals surface area contributed by atoms with Crippen LogP contribution < -0.4 is 20.5 Å². The number of benzene rings is 1. The van der Waals surface area contributed by atoms with Gasteiger partial charge in [0.2, 0.25) is 5.88 Å². The second-order valence-corrected chi connectivity index (χ2v) is 7.10. The Balaban J connectivity index is 0.00000225. The van der Waals surface area contributed by atoms with Crippen molar-refractivity contribution in [3.05, 3.63) is 53.7 Å². The van der Waals surface area contributed by atoms with E-state index >= 15 is 0 Å². The molecule has 2 heterocycles. The van der Waals surface area contributed by atoms with Crippen molar-refractivity contribution in [1.82, 2.24) is 10.3 Å². The summed E-state index contributed by atoms with van der Waals surface area (Å²) in [5.74, 6) is 2.04. The number of ether oxygens (including phenoxy) is 2. The number of nitrogens with one attached hydrogen (secondary N) is 1. The van der Waals surface area contributed by atoms with Gasteiger partial charge in [0.1, 0.15) is 11.9 Å². The van der Waals surface area contributed by atoms with Crippen molar-refractivity contribution in [3.63, 3.8) is 0 Å². The molecule has 1 aliphatic carbocycles. The first kappa shape index (κ1) is 20.7. The minimum absolute atomic E-state index is 0. The number of hydrogen-bond acceptors (Lipinski definition) is 4. The van der Waals surface area contributed by atoms with Crippen molar-refractivity contribution in [1.29, 1.82) is 0 Å². The van der Waals surface area contributed by atoms with Crippen LogP contribution in [0, 0.1) is 0 Å². The molecule has 4 rings (SSSR count). The van der Waals surface area contributed by atoms with Crippen LogP contribution >= 0.6 is 24.0 Å². The molecule has 0 amide bonds. The highest BCUT2D eigenvalue weighted by molar-refractivity contribution is 14.0. The smallest absolute Gasteiger partial charge is 0.213 e. The first-order chi connectivity index (χ1) is 13.3.